The number of piperazine rings is 1. The lowest BCUT2D eigenvalue weighted by atomic mass is 10.1. The Kier molecular flexibility index (Phi) is 6.70. The highest BCUT2D eigenvalue weighted by molar-refractivity contribution is 5.86. The van der Waals surface area contributed by atoms with Gasteiger partial charge in [0.05, 0.1) is 12.5 Å². The SMILES string of the molecule is CC.CCN1CCNC(=O)C1CC(=O)O. The van der Waals surface area contributed by atoms with Crippen LogP contribution < -0.4 is 5.32 Å². The number of likely N-dealkylation sites (N-methyl/N-ethyl adjacent to an activating group) is 1. The molecule has 0 bridgehead atoms. The second-order valence-corrected chi connectivity index (χ2v) is 3.03. The topological polar surface area (TPSA) is 69.6 Å². The summed E-state index contributed by atoms with van der Waals surface area (Å²) in [5, 5.41) is 11.2. The number of amides is 1. The lowest BCUT2D eigenvalue weighted by molar-refractivity contribution is -0.143. The number of aliphatic carboxylic acids is 1. The number of carbonyl (C=O) groups is 2. The molecule has 0 aliphatic carbocycles. The Morgan fingerprint density at radius 3 is 2.67 bits per heavy atom. The molecule has 1 fully saturated rings. The molecule has 0 aromatic heterocycles. The van der Waals surface area contributed by atoms with Crippen molar-refractivity contribution >= 4 is 11.9 Å². The predicted molar refractivity (Wildman–Crippen MR) is 57.6 cm³/mol. The second kappa shape index (κ2) is 7.23. The molecule has 5 nitrogen and oxygen atoms in total. The van der Waals surface area contributed by atoms with E-state index in [0.717, 1.165) is 6.54 Å². The number of hydrogen-bond donors (Lipinski definition) is 2. The minimum Gasteiger partial charge on any atom is -0.481 e. The van der Waals surface area contributed by atoms with Gasteiger partial charge in [0.1, 0.15) is 0 Å². The maximum atomic E-state index is 11.3. The molecule has 1 rings (SSSR count). The first-order valence-electron chi connectivity index (χ1n) is 5.38. The monoisotopic (exact) mass is 216 g/mol. The number of nitrogens with one attached hydrogen (secondary N) is 1. The van der Waals surface area contributed by atoms with Crippen LogP contribution in [0.1, 0.15) is 27.2 Å². The number of carboxylic acids is 1. The van der Waals surface area contributed by atoms with Crippen LogP contribution in [0.25, 0.3) is 0 Å². The van der Waals surface area contributed by atoms with Crippen LogP contribution in [0, 0.1) is 0 Å². The molecule has 88 valence electrons. The van der Waals surface area contributed by atoms with Crippen LogP contribution in [0.3, 0.4) is 0 Å². The van der Waals surface area contributed by atoms with Crippen molar-refractivity contribution in [1.29, 1.82) is 0 Å². The van der Waals surface area contributed by atoms with E-state index in [4.69, 9.17) is 5.11 Å². The minimum atomic E-state index is -0.930. The van der Waals surface area contributed by atoms with Crippen molar-refractivity contribution in [3.8, 4) is 0 Å². The molecule has 1 saturated heterocycles. The highest BCUT2D eigenvalue weighted by atomic mass is 16.4. The van der Waals surface area contributed by atoms with E-state index in [9.17, 15) is 9.59 Å². The Morgan fingerprint density at radius 2 is 2.20 bits per heavy atom. The summed E-state index contributed by atoms with van der Waals surface area (Å²) in [6.07, 6.45) is -0.111. The average Bonchev–Trinajstić information content (AvgIpc) is 2.23. The molecule has 0 radical (unpaired) electrons. The largest absolute Gasteiger partial charge is 0.481 e. The van der Waals surface area contributed by atoms with Crippen LogP contribution in [0.5, 0.6) is 0 Å². The molecule has 1 atom stereocenters. The van der Waals surface area contributed by atoms with E-state index in [1.165, 1.54) is 0 Å². The molecule has 2 N–H and O–H groups in total. The van der Waals surface area contributed by atoms with Gasteiger partial charge in [-0.1, -0.05) is 20.8 Å². The number of carbonyl (C=O) groups excluding carboxylic acids is 1. The lowest BCUT2D eigenvalue weighted by Gasteiger charge is -2.33. The summed E-state index contributed by atoms with van der Waals surface area (Å²) in [6, 6.07) is -0.490. The molecular weight excluding hydrogens is 196 g/mol. The predicted octanol–water partition coefficient (Wildman–Crippen LogP) is 0.308. The van der Waals surface area contributed by atoms with E-state index in [2.05, 4.69) is 5.32 Å². The molecule has 1 heterocycles. The lowest BCUT2D eigenvalue weighted by Crippen LogP contribution is -2.55. The zero-order valence-corrected chi connectivity index (χ0v) is 9.62. The molecule has 0 saturated carbocycles. The zero-order chi connectivity index (χ0) is 11.8. The smallest absolute Gasteiger partial charge is 0.305 e. The minimum absolute atomic E-state index is 0.111. The van der Waals surface area contributed by atoms with Crippen LogP contribution in [-0.2, 0) is 9.59 Å². The molecule has 5 heteroatoms. The van der Waals surface area contributed by atoms with Crippen molar-refractivity contribution in [3.05, 3.63) is 0 Å². The molecule has 15 heavy (non-hydrogen) atoms. The van der Waals surface area contributed by atoms with Crippen molar-refractivity contribution in [2.45, 2.75) is 33.2 Å². The second-order valence-electron chi connectivity index (χ2n) is 3.03. The normalized spacial score (nSPS) is 21.3. The third-order valence-corrected chi connectivity index (χ3v) is 2.22. The van der Waals surface area contributed by atoms with E-state index in [0.29, 0.717) is 13.1 Å². The van der Waals surface area contributed by atoms with Crippen LogP contribution in [0.15, 0.2) is 0 Å². The average molecular weight is 216 g/mol. The summed E-state index contributed by atoms with van der Waals surface area (Å²) in [5.41, 5.74) is 0. The van der Waals surface area contributed by atoms with E-state index in [1.54, 1.807) is 0 Å². The van der Waals surface area contributed by atoms with Gasteiger partial charge in [-0.15, -0.1) is 0 Å². The molecular formula is C10H20N2O3. The van der Waals surface area contributed by atoms with Gasteiger partial charge in [0, 0.05) is 13.1 Å². The number of hydrogen-bond acceptors (Lipinski definition) is 3. The van der Waals surface area contributed by atoms with Crippen LogP contribution in [0.2, 0.25) is 0 Å². The van der Waals surface area contributed by atoms with Crippen molar-refractivity contribution in [2.24, 2.45) is 0 Å². The molecule has 0 aromatic carbocycles. The number of rotatable bonds is 3. The summed E-state index contributed by atoms with van der Waals surface area (Å²) >= 11 is 0. The highest BCUT2D eigenvalue weighted by Crippen LogP contribution is 2.07. The quantitative estimate of drug-likeness (QED) is 0.712. The van der Waals surface area contributed by atoms with Gasteiger partial charge in [-0.05, 0) is 6.54 Å². The zero-order valence-electron chi connectivity index (χ0n) is 9.62. The fraction of sp³-hybridized carbons (Fsp3) is 0.800. The molecule has 0 spiro atoms. The summed E-state index contributed by atoms with van der Waals surface area (Å²) in [5.74, 6) is -1.10. The Balaban J connectivity index is 0.000000921. The Labute approximate surface area is 90.5 Å². The third kappa shape index (κ3) is 4.29. The maximum absolute atomic E-state index is 11.3. The van der Waals surface area contributed by atoms with Gasteiger partial charge in [-0.25, -0.2) is 0 Å². The van der Waals surface area contributed by atoms with E-state index < -0.39 is 12.0 Å². The van der Waals surface area contributed by atoms with Crippen molar-refractivity contribution in [1.82, 2.24) is 10.2 Å². The molecule has 1 aliphatic rings. The van der Waals surface area contributed by atoms with Gasteiger partial charge in [-0.2, -0.15) is 0 Å². The van der Waals surface area contributed by atoms with Gasteiger partial charge >= 0.3 is 5.97 Å². The Morgan fingerprint density at radius 1 is 1.60 bits per heavy atom. The first kappa shape index (κ1) is 13.9. The third-order valence-electron chi connectivity index (χ3n) is 2.22. The first-order valence-corrected chi connectivity index (χ1v) is 5.38. The molecule has 1 amide bonds. The summed E-state index contributed by atoms with van der Waals surface area (Å²) in [6.45, 7) is 7.99. The van der Waals surface area contributed by atoms with E-state index in [1.807, 2.05) is 25.7 Å². The fourth-order valence-electron chi connectivity index (χ4n) is 1.53. The summed E-state index contributed by atoms with van der Waals surface area (Å²) < 4.78 is 0. The van der Waals surface area contributed by atoms with Crippen molar-refractivity contribution in [2.75, 3.05) is 19.6 Å². The first-order chi connectivity index (χ1) is 7.15. The van der Waals surface area contributed by atoms with Crippen molar-refractivity contribution < 1.29 is 14.7 Å². The van der Waals surface area contributed by atoms with Crippen LogP contribution in [0.4, 0.5) is 0 Å². The fourth-order valence-corrected chi connectivity index (χ4v) is 1.53. The van der Waals surface area contributed by atoms with E-state index >= 15 is 0 Å². The molecule has 0 aromatic rings. The van der Waals surface area contributed by atoms with Gasteiger partial charge in [-0.3, -0.25) is 14.5 Å². The van der Waals surface area contributed by atoms with Gasteiger partial charge in [0.15, 0.2) is 0 Å². The highest BCUT2D eigenvalue weighted by Gasteiger charge is 2.30. The molecule has 1 aliphatic heterocycles. The van der Waals surface area contributed by atoms with Gasteiger partial charge < -0.3 is 10.4 Å². The van der Waals surface area contributed by atoms with Crippen LogP contribution >= 0.6 is 0 Å². The van der Waals surface area contributed by atoms with Gasteiger partial charge in [0.2, 0.25) is 5.91 Å². The summed E-state index contributed by atoms with van der Waals surface area (Å²) in [4.78, 5) is 23.6. The standard InChI is InChI=1S/C8H14N2O3.C2H6/c1-2-10-4-3-9-8(13)6(10)5-7(11)12;1-2/h6H,2-5H2,1H3,(H,9,13)(H,11,12);1-2H3. The molecule has 1 unspecified atom stereocenters. The Hall–Kier alpha value is -1.10. The Bertz CT molecular complexity index is 219. The van der Waals surface area contributed by atoms with Crippen molar-refractivity contribution in [3.63, 3.8) is 0 Å². The maximum Gasteiger partial charge on any atom is 0.305 e. The van der Waals surface area contributed by atoms with Gasteiger partial charge in [0.25, 0.3) is 0 Å². The van der Waals surface area contributed by atoms with Crippen LogP contribution in [-0.4, -0.2) is 47.6 Å². The number of nitrogens with zero attached hydrogens (tertiary/aromatic N) is 1. The van der Waals surface area contributed by atoms with E-state index in [-0.39, 0.29) is 12.3 Å². The number of carboxylic acid groups (broad SMARTS) is 1. The summed E-state index contributed by atoms with van der Waals surface area (Å²) in [7, 11) is 0.